The third-order valence-electron chi connectivity index (χ3n) is 3.84. The van der Waals surface area contributed by atoms with Crippen LogP contribution < -0.4 is 5.32 Å². The molecule has 2 atom stereocenters. The second-order valence-electron chi connectivity index (χ2n) is 6.98. The van der Waals surface area contributed by atoms with Crippen molar-refractivity contribution < 1.29 is 22.7 Å². The Hall–Kier alpha value is -1.76. The number of carbonyl (C=O) groups is 1. The number of benzene rings is 1. The van der Waals surface area contributed by atoms with E-state index in [9.17, 15) is 18.0 Å². The van der Waals surface area contributed by atoms with E-state index in [1.54, 1.807) is 50.4 Å². The van der Waals surface area contributed by atoms with Crippen molar-refractivity contribution in [2.24, 2.45) is 0 Å². The summed E-state index contributed by atoms with van der Waals surface area (Å²) in [5, 5.41) is 1.74. The minimum absolute atomic E-state index is 0.187. The highest BCUT2D eigenvalue weighted by Gasteiger charge is 2.40. The van der Waals surface area contributed by atoms with E-state index >= 15 is 0 Å². The Kier molecular flexibility index (Phi) is 5.42. The molecule has 1 N–H and O–H groups in total. The van der Waals surface area contributed by atoms with Crippen molar-refractivity contribution in [1.82, 2.24) is 10.2 Å². The summed E-state index contributed by atoms with van der Waals surface area (Å²) >= 11 is 0. The number of amides is 1. The zero-order chi connectivity index (χ0) is 18.0. The molecule has 1 amide bonds. The summed E-state index contributed by atoms with van der Waals surface area (Å²) in [6, 6.07) is 8.18. The maximum absolute atomic E-state index is 12.8. The molecule has 4 nitrogen and oxygen atoms in total. The lowest BCUT2D eigenvalue weighted by molar-refractivity contribution is -0.167. The molecule has 24 heavy (non-hydrogen) atoms. The number of ether oxygens (including phenoxy) is 1. The highest BCUT2D eigenvalue weighted by molar-refractivity contribution is 5.68. The lowest BCUT2D eigenvalue weighted by Crippen LogP contribution is -2.53. The zero-order valence-electron chi connectivity index (χ0n) is 14.1. The van der Waals surface area contributed by atoms with Gasteiger partial charge in [-0.3, -0.25) is 0 Å². The second kappa shape index (κ2) is 7.01. The molecule has 1 aromatic rings. The molecule has 0 radical (unpaired) electrons. The molecule has 0 spiro atoms. The molecule has 2 unspecified atom stereocenters. The monoisotopic (exact) mass is 344 g/mol. The number of hydrogen-bond acceptors (Lipinski definition) is 3. The Morgan fingerprint density at radius 3 is 2.38 bits per heavy atom. The largest absolute Gasteiger partial charge is 0.457 e. The van der Waals surface area contributed by atoms with E-state index < -0.39 is 30.0 Å². The molecule has 0 bridgehead atoms. The molecule has 1 saturated heterocycles. The summed E-state index contributed by atoms with van der Waals surface area (Å²) in [6.07, 6.45) is -4.74. The Bertz CT molecular complexity index is 555. The third kappa shape index (κ3) is 5.40. The van der Waals surface area contributed by atoms with Crippen molar-refractivity contribution in [3.8, 4) is 0 Å². The van der Waals surface area contributed by atoms with Gasteiger partial charge in [0.1, 0.15) is 5.60 Å². The van der Waals surface area contributed by atoms with Gasteiger partial charge in [-0.25, -0.2) is 10.1 Å². The van der Waals surface area contributed by atoms with Crippen LogP contribution in [0.5, 0.6) is 0 Å². The SMILES string of the molecule is CC(C)(C)OC(=O)N1CCC(NC(F)(F)F)C(c2ccccc2)C1. The van der Waals surface area contributed by atoms with Crippen LogP contribution in [0, 0.1) is 0 Å². The maximum atomic E-state index is 12.8. The van der Waals surface area contributed by atoms with Gasteiger partial charge >= 0.3 is 12.4 Å². The third-order valence-corrected chi connectivity index (χ3v) is 3.84. The van der Waals surface area contributed by atoms with Crippen molar-refractivity contribution in [3.63, 3.8) is 0 Å². The number of carbonyl (C=O) groups excluding carboxylic acids is 1. The van der Waals surface area contributed by atoms with Crippen molar-refractivity contribution in [1.29, 1.82) is 0 Å². The summed E-state index contributed by atoms with van der Waals surface area (Å²) in [5.41, 5.74) is 0.132. The van der Waals surface area contributed by atoms with E-state index in [1.807, 2.05) is 6.07 Å². The first-order chi connectivity index (χ1) is 11.1. The van der Waals surface area contributed by atoms with E-state index in [0.717, 1.165) is 5.56 Å². The lowest BCUT2D eigenvalue weighted by Gasteiger charge is -2.39. The number of rotatable bonds is 2. The van der Waals surface area contributed by atoms with Crippen molar-refractivity contribution in [2.45, 2.75) is 51.1 Å². The molecule has 1 aliphatic rings. The standard InChI is InChI=1S/C17H23F3N2O2/c1-16(2,3)24-15(23)22-10-9-14(21-17(18,19)20)13(11-22)12-7-5-4-6-8-12/h4-8,13-14,21H,9-11H2,1-3H3. The average molecular weight is 344 g/mol. The molecule has 7 heteroatoms. The minimum atomic E-state index is -4.45. The van der Waals surface area contributed by atoms with Crippen LogP contribution in [0.4, 0.5) is 18.0 Å². The fourth-order valence-corrected chi connectivity index (χ4v) is 2.87. The first-order valence-corrected chi connectivity index (χ1v) is 7.92. The van der Waals surface area contributed by atoms with Gasteiger partial charge in [-0.2, -0.15) is 13.2 Å². The van der Waals surface area contributed by atoms with Crippen LogP contribution in [-0.2, 0) is 4.74 Å². The highest BCUT2D eigenvalue weighted by Crippen LogP contribution is 2.30. The van der Waals surface area contributed by atoms with Gasteiger partial charge in [0.15, 0.2) is 0 Å². The van der Waals surface area contributed by atoms with Gasteiger partial charge in [-0.15, -0.1) is 0 Å². The van der Waals surface area contributed by atoms with E-state index in [0.29, 0.717) is 0 Å². The average Bonchev–Trinajstić information content (AvgIpc) is 2.45. The number of halogens is 3. The summed E-state index contributed by atoms with van der Waals surface area (Å²) in [4.78, 5) is 13.7. The molecule has 2 rings (SSSR count). The molecule has 1 fully saturated rings. The van der Waals surface area contributed by atoms with E-state index in [4.69, 9.17) is 4.74 Å². The van der Waals surface area contributed by atoms with Gasteiger partial charge < -0.3 is 9.64 Å². The number of hydrogen-bond donors (Lipinski definition) is 1. The molecule has 1 aliphatic heterocycles. The van der Waals surface area contributed by atoms with E-state index in [2.05, 4.69) is 0 Å². The van der Waals surface area contributed by atoms with Gasteiger partial charge in [0.05, 0.1) is 0 Å². The van der Waals surface area contributed by atoms with Crippen molar-refractivity contribution >= 4 is 6.09 Å². The first kappa shape index (κ1) is 18.6. The van der Waals surface area contributed by atoms with E-state index in [-0.39, 0.29) is 19.5 Å². The summed E-state index contributed by atoms with van der Waals surface area (Å²) in [6.45, 7) is 5.70. The number of likely N-dealkylation sites (tertiary alicyclic amines) is 1. The number of nitrogens with one attached hydrogen (secondary N) is 1. The van der Waals surface area contributed by atoms with Crippen LogP contribution in [-0.4, -0.2) is 42.0 Å². The maximum Gasteiger partial charge on any atom is 0.457 e. The van der Waals surface area contributed by atoms with Crippen LogP contribution in [0.3, 0.4) is 0 Å². The summed E-state index contributed by atoms with van der Waals surface area (Å²) in [7, 11) is 0. The fraction of sp³-hybridized carbons (Fsp3) is 0.588. The molecule has 0 saturated carbocycles. The Morgan fingerprint density at radius 1 is 1.21 bits per heavy atom. The number of alkyl halides is 3. The van der Waals surface area contributed by atoms with Gasteiger partial charge in [0, 0.05) is 25.0 Å². The Balaban J connectivity index is 2.17. The topological polar surface area (TPSA) is 41.6 Å². The smallest absolute Gasteiger partial charge is 0.444 e. The molecular weight excluding hydrogens is 321 g/mol. The quantitative estimate of drug-likeness (QED) is 0.828. The highest BCUT2D eigenvalue weighted by atomic mass is 19.4. The zero-order valence-corrected chi connectivity index (χ0v) is 14.1. The van der Waals surface area contributed by atoms with Crippen molar-refractivity contribution in [2.75, 3.05) is 13.1 Å². The summed E-state index contributed by atoms with van der Waals surface area (Å²) < 4.78 is 43.7. The molecular formula is C17H23F3N2O2. The fourth-order valence-electron chi connectivity index (χ4n) is 2.87. The minimum Gasteiger partial charge on any atom is -0.444 e. The molecule has 0 aliphatic carbocycles. The Morgan fingerprint density at radius 2 is 1.83 bits per heavy atom. The number of piperidine rings is 1. The summed E-state index contributed by atoms with van der Waals surface area (Å²) in [5.74, 6) is -0.450. The number of nitrogens with zero attached hydrogens (tertiary/aromatic N) is 1. The predicted molar refractivity (Wildman–Crippen MR) is 84.6 cm³/mol. The van der Waals surface area contributed by atoms with E-state index in [1.165, 1.54) is 4.90 Å². The van der Waals surface area contributed by atoms with Gasteiger partial charge in [0.25, 0.3) is 0 Å². The predicted octanol–water partition coefficient (Wildman–Crippen LogP) is 3.89. The molecule has 134 valence electrons. The van der Waals surface area contributed by atoms with Crippen LogP contribution in [0.2, 0.25) is 0 Å². The lowest BCUT2D eigenvalue weighted by atomic mass is 9.86. The van der Waals surface area contributed by atoms with Crippen LogP contribution in [0.15, 0.2) is 30.3 Å². The first-order valence-electron chi connectivity index (χ1n) is 7.92. The van der Waals surface area contributed by atoms with Gasteiger partial charge in [-0.1, -0.05) is 30.3 Å². The normalized spacial score (nSPS) is 22.3. The molecule has 0 aromatic heterocycles. The van der Waals surface area contributed by atoms with Gasteiger partial charge in [-0.05, 0) is 32.8 Å². The van der Waals surface area contributed by atoms with Crippen LogP contribution in [0.1, 0.15) is 38.7 Å². The Labute approximate surface area is 140 Å². The molecule has 1 heterocycles. The van der Waals surface area contributed by atoms with Crippen molar-refractivity contribution in [3.05, 3.63) is 35.9 Å². The second-order valence-corrected chi connectivity index (χ2v) is 6.98. The van der Waals surface area contributed by atoms with Crippen LogP contribution >= 0.6 is 0 Å². The molecule has 1 aromatic carbocycles. The van der Waals surface area contributed by atoms with Gasteiger partial charge in [0.2, 0.25) is 0 Å². The van der Waals surface area contributed by atoms with Crippen LogP contribution in [0.25, 0.3) is 0 Å².